The molecule has 12 heavy (non-hydrogen) atoms. The predicted molar refractivity (Wildman–Crippen MR) is 49.1 cm³/mol. The SMILES string of the molecule is Cc1cn2c(n1)CCC(C)(C)C2. The smallest absolute Gasteiger partial charge is 0.108 e. The van der Waals surface area contributed by atoms with Crippen LogP contribution in [0, 0.1) is 12.3 Å². The molecule has 2 heteroatoms. The molecule has 0 saturated heterocycles. The van der Waals surface area contributed by atoms with E-state index in [0.29, 0.717) is 5.41 Å². The summed E-state index contributed by atoms with van der Waals surface area (Å²) in [5.74, 6) is 1.27. The fourth-order valence-corrected chi connectivity index (χ4v) is 1.92. The third-order valence-corrected chi connectivity index (χ3v) is 2.60. The summed E-state index contributed by atoms with van der Waals surface area (Å²) in [7, 11) is 0. The molecule has 0 bridgehead atoms. The van der Waals surface area contributed by atoms with Crippen LogP contribution >= 0.6 is 0 Å². The summed E-state index contributed by atoms with van der Waals surface area (Å²) in [5.41, 5.74) is 1.61. The quantitative estimate of drug-likeness (QED) is 0.574. The maximum atomic E-state index is 4.48. The van der Waals surface area contributed by atoms with Crippen LogP contribution in [0.25, 0.3) is 0 Å². The van der Waals surface area contributed by atoms with Gasteiger partial charge < -0.3 is 4.57 Å². The standard InChI is InChI=1S/C10H16N2/c1-8-6-12-7-10(2,3)5-4-9(12)11-8/h6H,4-5,7H2,1-3H3. The second-order valence-corrected chi connectivity index (χ2v) is 4.59. The lowest BCUT2D eigenvalue weighted by molar-refractivity contribution is 0.247. The van der Waals surface area contributed by atoms with Crippen molar-refractivity contribution in [2.24, 2.45) is 5.41 Å². The summed E-state index contributed by atoms with van der Waals surface area (Å²) in [6.45, 7) is 7.85. The zero-order valence-corrected chi connectivity index (χ0v) is 8.09. The van der Waals surface area contributed by atoms with Gasteiger partial charge in [-0.3, -0.25) is 0 Å². The molecule has 66 valence electrons. The highest BCUT2D eigenvalue weighted by molar-refractivity contribution is 5.05. The van der Waals surface area contributed by atoms with E-state index in [0.717, 1.165) is 18.7 Å². The highest BCUT2D eigenvalue weighted by Gasteiger charge is 2.25. The number of hydrogen-bond donors (Lipinski definition) is 0. The predicted octanol–water partition coefficient (Wildman–Crippen LogP) is 2.16. The van der Waals surface area contributed by atoms with E-state index in [1.54, 1.807) is 0 Å². The van der Waals surface area contributed by atoms with Gasteiger partial charge in [0, 0.05) is 19.2 Å². The highest BCUT2D eigenvalue weighted by atomic mass is 15.1. The van der Waals surface area contributed by atoms with Gasteiger partial charge in [-0.1, -0.05) is 13.8 Å². The van der Waals surface area contributed by atoms with Gasteiger partial charge >= 0.3 is 0 Å². The van der Waals surface area contributed by atoms with Gasteiger partial charge in [0.1, 0.15) is 5.82 Å². The van der Waals surface area contributed by atoms with Gasteiger partial charge in [0.05, 0.1) is 5.69 Å². The minimum absolute atomic E-state index is 0.458. The summed E-state index contributed by atoms with van der Waals surface area (Å²) in [6.07, 6.45) is 4.57. The molecular formula is C10H16N2. The Morgan fingerprint density at radius 3 is 3.00 bits per heavy atom. The van der Waals surface area contributed by atoms with Crippen LogP contribution in [0.3, 0.4) is 0 Å². The fraction of sp³-hybridized carbons (Fsp3) is 0.700. The summed E-state index contributed by atoms with van der Waals surface area (Å²) < 4.78 is 2.30. The van der Waals surface area contributed by atoms with E-state index in [2.05, 4.69) is 36.5 Å². The Labute approximate surface area is 73.6 Å². The minimum Gasteiger partial charge on any atom is -0.334 e. The molecule has 0 amide bonds. The van der Waals surface area contributed by atoms with Crippen LogP contribution in [0.1, 0.15) is 31.8 Å². The number of aromatic nitrogens is 2. The number of nitrogens with zero attached hydrogens (tertiary/aromatic N) is 2. The number of aryl methyl sites for hydroxylation is 2. The van der Waals surface area contributed by atoms with Crippen molar-refractivity contribution < 1.29 is 0 Å². The zero-order valence-electron chi connectivity index (χ0n) is 8.09. The van der Waals surface area contributed by atoms with Crippen LogP contribution in [0.2, 0.25) is 0 Å². The Morgan fingerprint density at radius 1 is 1.50 bits per heavy atom. The molecule has 0 unspecified atom stereocenters. The topological polar surface area (TPSA) is 17.8 Å². The molecule has 0 radical (unpaired) electrons. The Hall–Kier alpha value is -0.790. The van der Waals surface area contributed by atoms with Crippen molar-refractivity contribution in [2.45, 2.75) is 40.2 Å². The fourth-order valence-electron chi connectivity index (χ4n) is 1.92. The van der Waals surface area contributed by atoms with Gasteiger partial charge in [0.2, 0.25) is 0 Å². The Balaban J connectivity index is 2.34. The lowest BCUT2D eigenvalue weighted by atomic mass is 9.85. The minimum atomic E-state index is 0.458. The summed E-state index contributed by atoms with van der Waals surface area (Å²) in [4.78, 5) is 4.48. The largest absolute Gasteiger partial charge is 0.334 e. The number of fused-ring (bicyclic) bond motifs is 1. The van der Waals surface area contributed by atoms with Crippen molar-refractivity contribution in [3.05, 3.63) is 17.7 Å². The van der Waals surface area contributed by atoms with Crippen LogP contribution in [-0.2, 0) is 13.0 Å². The van der Waals surface area contributed by atoms with E-state index in [4.69, 9.17) is 0 Å². The number of imidazole rings is 1. The van der Waals surface area contributed by atoms with Crippen LogP contribution in [0.4, 0.5) is 0 Å². The molecular weight excluding hydrogens is 148 g/mol. The molecule has 2 nitrogen and oxygen atoms in total. The van der Waals surface area contributed by atoms with E-state index in [-0.39, 0.29) is 0 Å². The molecule has 0 spiro atoms. The second-order valence-electron chi connectivity index (χ2n) is 4.59. The number of hydrogen-bond acceptors (Lipinski definition) is 1. The first-order valence-corrected chi connectivity index (χ1v) is 4.59. The molecule has 1 aliphatic heterocycles. The average Bonchev–Trinajstić information content (AvgIpc) is 2.26. The maximum Gasteiger partial charge on any atom is 0.108 e. The molecule has 2 heterocycles. The summed E-state index contributed by atoms with van der Waals surface area (Å²) in [5, 5.41) is 0. The average molecular weight is 164 g/mol. The molecule has 0 aliphatic carbocycles. The van der Waals surface area contributed by atoms with Gasteiger partial charge in [-0.15, -0.1) is 0 Å². The molecule has 0 aromatic carbocycles. The van der Waals surface area contributed by atoms with Crippen LogP contribution in [0.15, 0.2) is 6.20 Å². The van der Waals surface area contributed by atoms with Crippen molar-refractivity contribution >= 4 is 0 Å². The first-order valence-electron chi connectivity index (χ1n) is 4.59. The second kappa shape index (κ2) is 2.35. The van der Waals surface area contributed by atoms with Crippen LogP contribution < -0.4 is 0 Å². The summed E-state index contributed by atoms with van der Waals surface area (Å²) in [6, 6.07) is 0. The molecule has 2 rings (SSSR count). The Morgan fingerprint density at radius 2 is 2.25 bits per heavy atom. The molecule has 0 fully saturated rings. The van der Waals surface area contributed by atoms with Crippen LogP contribution in [-0.4, -0.2) is 9.55 Å². The van der Waals surface area contributed by atoms with Gasteiger partial charge in [-0.25, -0.2) is 4.98 Å². The molecule has 0 saturated carbocycles. The van der Waals surface area contributed by atoms with Gasteiger partial charge in [-0.2, -0.15) is 0 Å². The van der Waals surface area contributed by atoms with E-state index >= 15 is 0 Å². The summed E-state index contributed by atoms with van der Waals surface area (Å²) >= 11 is 0. The molecule has 1 aromatic rings. The van der Waals surface area contributed by atoms with E-state index in [1.807, 2.05) is 0 Å². The van der Waals surface area contributed by atoms with Crippen molar-refractivity contribution in [2.75, 3.05) is 0 Å². The van der Waals surface area contributed by atoms with Crippen molar-refractivity contribution in [1.29, 1.82) is 0 Å². The normalized spacial score (nSPS) is 20.6. The molecule has 1 aromatic heterocycles. The van der Waals surface area contributed by atoms with E-state index in [9.17, 15) is 0 Å². The van der Waals surface area contributed by atoms with Gasteiger partial charge in [0.15, 0.2) is 0 Å². The number of rotatable bonds is 0. The lowest BCUT2D eigenvalue weighted by Crippen LogP contribution is -2.26. The van der Waals surface area contributed by atoms with Crippen molar-refractivity contribution in [3.8, 4) is 0 Å². The highest BCUT2D eigenvalue weighted by Crippen LogP contribution is 2.30. The monoisotopic (exact) mass is 164 g/mol. The van der Waals surface area contributed by atoms with Gasteiger partial charge in [-0.05, 0) is 18.8 Å². The van der Waals surface area contributed by atoms with Crippen LogP contribution in [0.5, 0.6) is 0 Å². The molecule has 1 aliphatic rings. The lowest BCUT2D eigenvalue weighted by Gasteiger charge is -2.30. The first-order chi connectivity index (χ1) is 5.57. The van der Waals surface area contributed by atoms with Crippen molar-refractivity contribution in [3.63, 3.8) is 0 Å². The Kier molecular flexibility index (Phi) is 1.53. The Bertz CT molecular complexity index is 297. The first kappa shape index (κ1) is 7.84. The van der Waals surface area contributed by atoms with Gasteiger partial charge in [0.25, 0.3) is 0 Å². The van der Waals surface area contributed by atoms with Crippen molar-refractivity contribution in [1.82, 2.24) is 9.55 Å². The maximum absolute atomic E-state index is 4.48. The molecule has 0 N–H and O–H groups in total. The third kappa shape index (κ3) is 1.26. The molecule has 0 atom stereocenters. The van der Waals surface area contributed by atoms with E-state index < -0.39 is 0 Å². The van der Waals surface area contributed by atoms with E-state index in [1.165, 1.54) is 12.2 Å². The third-order valence-electron chi connectivity index (χ3n) is 2.60. The zero-order chi connectivity index (χ0) is 8.77.